The Labute approximate surface area is 142 Å². The number of aromatic nitrogens is 1. The first-order valence-electron chi connectivity index (χ1n) is 8.27. The summed E-state index contributed by atoms with van der Waals surface area (Å²) in [5.41, 5.74) is -0.926. The lowest BCUT2D eigenvalue weighted by Gasteiger charge is -2.34. The number of nitrogens with zero attached hydrogens (tertiary/aromatic N) is 2. The fourth-order valence-electron chi connectivity index (χ4n) is 2.80. The molecule has 2 unspecified atom stereocenters. The highest BCUT2D eigenvalue weighted by molar-refractivity contribution is 5.68. The van der Waals surface area contributed by atoms with Crippen molar-refractivity contribution in [2.45, 2.75) is 58.7 Å². The van der Waals surface area contributed by atoms with Gasteiger partial charge in [-0.2, -0.15) is 9.18 Å². The zero-order valence-electron chi connectivity index (χ0n) is 15.0. The van der Waals surface area contributed by atoms with Crippen molar-refractivity contribution in [3.8, 4) is 0 Å². The number of carbonyl (C=O) groups excluding carboxylic acids is 1. The molecule has 1 N–H and O–H groups in total. The molecule has 2 atom stereocenters. The molecule has 0 bridgehead atoms. The van der Waals surface area contributed by atoms with Gasteiger partial charge in [0.25, 0.3) is 0 Å². The Hall–Kier alpha value is -1.82. The van der Waals surface area contributed by atoms with E-state index >= 15 is 0 Å². The molecular formula is C18H26FN2O3+. The van der Waals surface area contributed by atoms with Crippen LogP contribution in [0.25, 0.3) is 0 Å². The Kier molecular flexibility index (Phi) is 5.08. The van der Waals surface area contributed by atoms with Crippen molar-refractivity contribution in [2.75, 3.05) is 6.54 Å². The van der Waals surface area contributed by atoms with Gasteiger partial charge >= 0.3 is 6.09 Å². The average Bonchev–Trinajstić information content (AvgIpc) is 2.48. The number of ether oxygens (including phenoxy) is 1. The van der Waals surface area contributed by atoms with Crippen LogP contribution in [0, 0.1) is 11.9 Å². The predicted molar refractivity (Wildman–Crippen MR) is 88.7 cm³/mol. The summed E-state index contributed by atoms with van der Waals surface area (Å²) in [5.74, 6) is -1.03. The summed E-state index contributed by atoms with van der Waals surface area (Å²) in [6, 6.07) is 1.66. The molecule has 1 aromatic rings. The number of pyridine rings is 1. The van der Waals surface area contributed by atoms with Gasteiger partial charge in [-0.1, -0.05) is 13.8 Å². The minimum absolute atomic E-state index is 0.124. The third kappa shape index (κ3) is 3.80. The van der Waals surface area contributed by atoms with Crippen molar-refractivity contribution >= 4 is 12.3 Å². The predicted octanol–water partition coefficient (Wildman–Crippen LogP) is 3.03. The van der Waals surface area contributed by atoms with Crippen molar-refractivity contribution in [1.29, 1.82) is 0 Å². The van der Waals surface area contributed by atoms with Gasteiger partial charge in [0.15, 0.2) is 12.8 Å². The van der Waals surface area contributed by atoms with Crippen LogP contribution < -0.4 is 0 Å². The normalized spacial score (nSPS) is 24.5. The summed E-state index contributed by atoms with van der Waals surface area (Å²) in [5, 5.41) is 11.1. The molecule has 0 aromatic carbocycles. The molecule has 0 aliphatic carbocycles. The van der Waals surface area contributed by atoms with Crippen molar-refractivity contribution in [2.24, 2.45) is 5.92 Å². The quantitative estimate of drug-likeness (QED) is 0.665. The van der Waals surface area contributed by atoms with Crippen LogP contribution in [-0.2, 0) is 16.8 Å². The van der Waals surface area contributed by atoms with Crippen LogP contribution >= 0.6 is 0 Å². The molecule has 24 heavy (non-hydrogen) atoms. The third-order valence-electron chi connectivity index (χ3n) is 4.31. The monoisotopic (exact) mass is 337 g/mol. The van der Waals surface area contributed by atoms with Crippen LogP contribution in [-0.4, -0.2) is 39.1 Å². The lowest BCUT2D eigenvalue weighted by molar-refractivity contribution is -0.468. The standard InChI is InChI=1S/C18H26FN2O3/c1-6-13-9-14(15(19)20-10-13)18(23)7-8-21(11-12(18)2)16(22)24-17(3,4)5/h8-10,12,23H,6-7,11H2,1-5H3/q+1. The molecule has 0 fully saturated rings. The maximum Gasteiger partial charge on any atom is 0.596 e. The minimum atomic E-state index is -1.39. The Morgan fingerprint density at radius 2 is 2.21 bits per heavy atom. The van der Waals surface area contributed by atoms with Crippen LogP contribution in [0.4, 0.5) is 9.18 Å². The second kappa shape index (κ2) is 6.59. The topological polar surface area (TPSA) is 62.4 Å². The molecule has 0 radical (unpaired) electrons. The summed E-state index contributed by atoms with van der Waals surface area (Å²) in [6.07, 6.45) is 3.42. The van der Waals surface area contributed by atoms with Crippen molar-refractivity contribution in [3.63, 3.8) is 0 Å². The largest absolute Gasteiger partial charge is 0.596 e. The second-order valence-corrected chi connectivity index (χ2v) is 7.38. The van der Waals surface area contributed by atoms with E-state index in [4.69, 9.17) is 4.74 Å². The van der Waals surface area contributed by atoms with Gasteiger partial charge in [-0.3, -0.25) is 0 Å². The molecule has 1 aromatic heterocycles. The molecule has 132 valence electrons. The van der Waals surface area contributed by atoms with E-state index in [1.807, 2.05) is 6.92 Å². The fraction of sp³-hybridized carbons (Fsp3) is 0.611. The van der Waals surface area contributed by atoms with Crippen molar-refractivity contribution < 1.29 is 23.6 Å². The van der Waals surface area contributed by atoms with Gasteiger partial charge in [0.2, 0.25) is 5.95 Å². The molecule has 5 nitrogen and oxygen atoms in total. The van der Waals surface area contributed by atoms with Gasteiger partial charge < -0.3 is 9.84 Å². The van der Waals surface area contributed by atoms with Gasteiger partial charge in [-0.25, -0.2) is 4.98 Å². The van der Waals surface area contributed by atoms with E-state index in [0.717, 1.165) is 5.56 Å². The van der Waals surface area contributed by atoms with E-state index in [9.17, 15) is 14.3 Å². The molecule has 0 saturated carbocycles. The first-order valence-corrected chi connectivity index (χ1v) is 8.27. The van der Waals surface area contributed by atoms with Crippen LogP contribution in [0.2, 0.25) is 0 Å². The van der Waals surface area contributed by atoms with E-state index in [-0.39, 0.29) is 24.4 Å². The summed E-state index contributed by atoms with van der Waals surface area (Å²) in [4.78, 5) is 15.9. The molecule has 2 rings (SSSR count). The summed E-state index contributed by atoms with van der Waals surface area (Å²) < 4.78 is 21.0. The smallest absolute Gasteiger partial charge is 0.406 e. The Bertz CT molecular complexity index is 667. The summed E-state index contributed by atoms with van der Waals surface area (Å²) >= 11 is 0. The van der Waals surface area contributed by atoms with Gasteiger partial charge in [0.05, 0.1) is 6.42 Å². The van der Waals surface area contributed by atoms with Crippen LogP contribution in [0.1, 0.15) is 52.2 Å². The molecular weight excluding hydrogens is 311 g/mol. The van der Waals surface area contributed by atoms with Crippen LogP contribution in [0.15, 0.2) is 12.3 Å². The maximum absolute atomic E-state index is 14.2. The van der Waals surface area contributed by atoms with E-state index in [0.29, 0.717) is 6.42 Å². The SMILES string of the molecule is CCc1cnc(F)c(C2(O)CC=[N+](C(=O)OC(C)(C)C)CC2C)c1. The molecule has 0 spiro atoms. The average molecular weight is 337 g/mol. The van der Waals surface area contributed by atoms with Crippen molar-refractivity contribution in [1.82, 2.24) is 4.98 Å². The minimum Gasteiger partial charge on any atom is -0.406 e. The summed E-state index contributed by atoms with van der Waals surface area (Å²) in [6.45, 7) is 9.39. The third-order valence-corrected chi connectivity index (χ3v) is 4.31. The number of hydrogen-bond acceptors (Lipinski definition) is 4. The second-order valence-electron chi connectivity index (χ2n) is 7.38. The van der Waals surface area contributed by atoms with Gasteiger partial charge in [0, 0.05) is 17.7 Å². The Morgan fingerprint density at radius 3 is 2.75 bits per heavy atom. The van der Waals surface area contributed by atoms with E-state index < -0.39 is 23.2 Å². The lowest BCUT2D eigenvalue weighted by Crippen LogP contribution is -2.47. The summed E-state index contributed by atoms with van der Waals surface area (Å²) in [7, 11) is 0. The highest BCUT2D eigenvalue weighted by Crippen LogP contribution is 2.36. The fourth-order valence-corrected chi connectivity index (χ4v) is 2.80. The lowest BCUT2D eigenvalue weighted by atomic mass is 9.78. The molecule has 6 heteroatoms. The number of carbonyl (C=O) groups is 1. The van der Waals surface area contributed by atoms with E-state index in [2.05, 4.69) is 4.98 Å². The Morgan fingerprint density at radius 1 is 1.54 bits per heavy atom. The number of amides is 1. The first kappa shape index (κ1) is 18.5. The van der Waals surface area contributed by atoms with Gasteiger partial charge in [0.1, 0.15) is 11.2 Å². The number of halogens is 1. The molecule has 0 saturated heterocycles. The van der Waals surface area contributed by atoms with E-state index in [1.165, 1.54) is 10.8 Å². The van der Waals surface area contributed by atoms with Crippen molar-refractivity contribution in [3.05, 3.63) is 29.3 Å². The number of aliphatic hydroxyl groups is 1. The molecule has 1 aliphatic heterocycles. The molecule has 2 heterocycles. The van der Waals surface area contributed by atoms with E-state index in [1.54, 1.807) is 40.0 Å². The zero-order valence-corrected chi connectivity index (χ0v) is 15.0. The van der Waals surface area contributed by atoms with Gasteiger partial charge in [-0.15, -0.1) is 4.58 Å². The van der Waals surface area contributed by atoms with Gasteiger partial charge in [-0.05, 0) is 38.8 Å². The molecule has 1 amide bonds. The van der Waals surface area contributed by atoms with Crippen LogP contribution in [0.3, 0.4) is 0 Å². The maximum atomic E-state index is 14.2. The number of aryl methyl sites for hydroxylation is 1. The number of rotatable bonds is 2. The Balaban J connectivity index is 2.30. The highest BCUT2D eigenvalue weighted by atomic mass is 19.1. The molecule has 1 aliphatic rings. The first-order chi connectivity index (χ1) is 11.1. The van der Waals surface area contributed by atoms with Crippen LogP contribution in [0.5, 0.6) is 0 Å². The zero-order chi connectivity index (χ0) is 18.1. The highest BCUT2D eigenvalue weighted by Gasteiger charge is 2.46. The number of hydrogen-bond donors (Lipinski definition) is 1.